The normalized spacial score (nSPS) is 16.5. The van der Waals surface area contributed by atoms with Crippen LogP contribution in [0.4, 0.5) is 13.2 Å². The fourth-order valence-electron chi connectivity index (χ4n) is 3.63. The van der Waals surface area contributed by atoms with Crippen molar-refractivity contribution in [3.8, 4) is 0 Å². The zero-order valence-electron chi connectivity index (χ0n) is 16.0. The van der Waals surface area contributed by atoms with Crippen molar-refractivity contribution in [2.45, 2.75) is 64.7 Å². The second kappa shape index (κ2) is 8.41. The zero-order chi connectivity index (χ0) is 19.5. The van der Waals surface area contributed by atoms with Crippen LogP contribution in [-0.4, -0.2) is 47.3 Å². The lowest BCUT2D eigenvalue weighted by Gasteiger charge is -2.28. The van der Waals surface area contributed by atoms with Gasteiger partial charge in [-0.15, -0.1) is 0 Å². The first-order valence-corrected chi connectivity index (χ1v) is 9.20. The van der Waals surface area contributed by atoms with Crippen molar-refractivity contribution in [2.75, 3.05) is 20.6 Å². The molecule has 26 heavy (non-hydrogen) atoms. The van der Waals surface area contributed by atoms with Crippen molar-refractivity contribution in [3.63, 3.8) is 0 Å². The van der Waals surface area contributed by atoms with Crippen LogP contribution >= 0.6 is 0 Å². The van der Waals surface area contributed by atoms with E-state index < -0.39 is 11.9 Å². The van der Waals surface area contributed by atoms with E-state index in [0.29, 0.717) is 31.0 Å². The molecule has 1 aromatic rings. The lowest BCUT2D eigenvalue weighted by atomic mass is 10.0. The van der Waals surface area contributed by atoms with E-state index in [1.54, 1.807) is 0 Å². The molecule has 2 rings (SSSR count). The van der Waals surface area contributed by atoms with Gasteiger partial charge in [0.25, 0.3) is 0 Å². The third kappa shape index (κ3) is 4.99. The predicted octanol–water partition coefficient (Wildman–Crippen LogP) is 2.87. The van der Waals surface area contributed by atoms with Crippen LogP contribution in [0.3, 0.4) is 0 Å². The third-order valence-electron chi connectivity index (χ3n) is 5.01. The van der Waals surface area contributed by atoms with Crippen molar-refractivity contribution in [1.29, 1.82) is 0 Å². The molecule has 1 aliphatic carbocycles. The van der Waals surface area contributed by atoms with Crippen molar-refractivity contribution in [3.05, 3.63) is 17.0 Å². The number of aromatic nitrogens is 2. The van der Waals surface area contributed by atoms with E-state index in [0.717, 1.165) is 19.3 Å². The summed E-state index contributed by atoms with van der Waals surface area (Å²) in [5, 5.41) is 6.60. The Hall–Kier alpha value is -1.57. The maximum absolute atomic E-state index is 13.3. The Balaban J connectivity index is 2.13. The number of halogens is 3. The molecule has 148 valence electrons. The van der Waals surface area contributed by atoms with E-state index in [4.69, 9.17) is 0 Å². The van der Waals surface area contributed by atoms with Gasteiger partial charge in [-0.2, -0.15) is 18.3 Å². The first-order valence-electron chi connectivity index (χ1n) is 9.20. The first kappa shape index (κ1) is 20.7. The largest absolute Gasteiger partial charge is 0.435 e. The predicted molar refractivity (Wildman–Crippen MR) is 93.8 cm³/mol. The Morgan fingerprint density at radius 2 is 1.88 bits per heavy atom. The van der Waals surface area contributed by atoms with Gasteiger partial charge in [0, 0.05) is 23.8 Å². The minimum absolute atomic E-state index is 0.166. The molecule has 1 N–H and O–H groups in total. The van der Waals surface area contributed by atoms with Crippen LogP contribution in [-0.2, 0) is 30.4 Å². The summed E-state index contributed by atoms with van der Waals surface area (Å²) >= 11 is 0. The zero-order valence-corrected chi connectivity index (χ0v) is 16.0. The van der Waals surface area contributed by atoms with Crippen LogP contribution < -0.4 is 5.32 Å². The molecular formula is C18H29F3N4O. The average molecular weight is 374 g/mol. The number of carbonyl (C=O) groups excluding carboxylic acids is 1. The number of carbonyl (C=O) groups is 1. The van der Waals surface area contributed by atoms with Gasteiger partial charge in [-0.3, -0.25) is 9.48 Å². The van der Waals surface area contributed by atoms with Gasteiger partial charge >= 0.3 is 6.18 Å². The molecule has 5 nitrogen and oxygen atoms in total. The summed E-state index contributed by atoms with van der Waals surface area (Å²) in [5.74, 6) is 0.0453. The molecule has 1 aliphatic rings. The maximum Gasteiger partial charge on any atom is 0.435 e. The molecule has 0 bridgehead atoms. The number of nitrogens with zero attached hydrogens (tertiary/aromatic N) is 3. The molecule has 1 amide bonds. The molecule has 0 spiro atoms. The SMILES string of the molecule is CC(C)[C@H](CNC(=O)Cn1nc(C(F)(F)F)c2c1CCCCC2)N(C)C. The summed E-state index contributed by atoms with van der Waals surface area (Å²) < 4.78 is 41.2. The van der Waals surface area contributed by atoms with Crippen molar-refractivity contribution in [1.82, 2.24) is 20.0 Å². The Morgan fingerprint density at radius 1 is 1.23 bits per heavy atom. The highest BCUT2D eigenvalue weighted by atomic mass is 19.4. The summed E-state index contributed by atoms with van der Waals surface area (Å²) in [7, 11) is 3.89. The molecule has 1 atom stereocenters. The quantitative estimate of drug-likeness (QED) is 0.779. The Morgan fingerprint density at radius 3 is 2.46 bits per heavy atom. The number of hydrogen-bond donors (Lipinski definition) is 1. The van der Waals surface area contributed by atoms with E-state index in [2.05, 4.69) is 24.3 Å². The molecule has 0 aromatic carbocycles. The average Bonchev–Trinajstić information content (AvgIpc) is 2.69. The molecule has 0 radical (unpaired) electrons. The first-order chi connectivity index (χ1) is 12.1. The van der Waals surface area contributed by atoms with Crippen LogP contribution in [0.1, 0.15) is 50.1 Å². The minimum atomic E-state index is -4.48. The second-order valence-electron chi connectivity index (χ2n) is 7.57. The van der Waals surface area contributed by atoms with Crippen LogP contribution in [0.15, 0.2) is 0 Å². The van der Waals surface area contributed by atoms with Crippen LogP contribution in [0.2, 0.25) is 0 Å². The molecular weight excluding hydrogens is 345 g/mol. The van der Waals surface area contributed by atoms with Crippen molar-refractivity contribution >= 4 is 5.91 Å². The van der Waals surface area contributed by atoms with E-state index in [9.17, 15) is 18.0 Å². The molecule has 0 aliphatic heterocycles. The number of alkyl halides is 3. The number of likely N-dealkylation sites (N-methyl/N-ethyl adjacent to an activating group) is 1. The lowest BCUT2D eigenvalue weighted by Crippen LogP contribution is -2.44. The molecule has 0 saturated carbocycles. The molecule has 0 saturated heterocycles. The highest BCUT2D eigenvalue weighted by Crippen LogP contribution is 2.35. The summed E-state index contributed by atoms with van der Waals surface area (Å²) in [4.78, 5) is 14.4. The van der Waals surface area contributed by atoms with Gasteiger partial charge in [0.1, 0.15) is 6.54 Å². The van der Waals surface area contributed by atoms with Crippen LogP contribution in [0.25, 0.3) is 0 Å². The van der Waals surface area contributed by atoms with Gasteiger partial charge in [0.2, 0.25) is 5.91 Å². The fourth-order valence-corrected chi connectivity index (χ4v) is 3.63. The van der Waals surface area contributed by atoms with Crippen molar-refractivity contribution < 1.29 is 18.0 Å². The Labute approximate surface area is 152 Å². The Kier molecular flexibility index (Phi) is 6.71. The standard InChI is InChI=1S/C18H29F3N4O/c1-12(2)15(24(3)4)10-22-16(26)11-25-14-9-7-5-6-8-13(14)17(23-25)18(19,20)21/h12,15H,5-11H2,1-4H3,(H,22,26)/t15-/m0/s1. The monoisotopic (exact) mass is 374 g/mol. The Bertz CT molecular complexity index is 615. The number of hydrogen-bond acceptors (Lipinski definition) is 3. The summed E-state index contributed by atoms with van der Waals surface area (Å²) in [6.07, 6.45) is -1.11. The van der Waals surface area contributed by atoms with Crippen LogP contribution in [0.5, 0.6) is 0 Å². The minimum Gasteiger partial charge on any atom is -0.353 e. The summed E-state index contributed by atoms with van der Waals surface area (Å²) in [6.45, 7) is 4.43. The van der Waals surface area contributed by atoms with E-state index in [-0.39, 0.29) is 24.1 Å². The van der Waals surface area contributed by atoms with Gasteiger partial charge in [-0.05, 0) is 45.7 Å². The van der Waals surface area contributed by atoms with Crippen LogP contribution in [0, 0.1) is 5.92 Å². The summed E-state index contributed by atoms with van der Waals surface area (Å²) in [6, 6.07) is 0.166. The molecule has 8 heteroatoms. The highest BCUT2D eigenvalue weighted by molar-refractivity contribution is 5.75. The maximum atomic E-state index is 13.3. The number of nitrogens with one attached hydrogen (secondary N) is 1. The van der Waals surface area contributed by atoms with Crippen molar-refractivity contribution in [2.24, 2.45) is 5.92 Å². The molecule has 0 unspecified atom stereocenters. The topological polar surface area (TPSA) is 50.2 Å². The van der Waals surface area contributed by atoms with E-state index in [1.807, 2.05) is 19.0 Å². The molecule has 0 fully saturated rings. The van der Waals surface area contributed by atoms with Gasteiger partial charge in [0.05, 0.1) is 0 Å². The number of amides is 1. The molecule has 1 aromatic heterocycles. The second-order valence-corrected chi connectivity index (χ2v) is 7.57. The van der Waals surface area contributed by atoms with Gasteiger partial charge in [-0.1, -0.05) is 20.3 Å². The highest BCUT2D eigenvalue weighted by Gasteiger charge is 2.39. The van der Waals surface area contributed by atoms with E-state index in [1.165, 1.54) is 4.68 Å². The smallest absolute Gasteiger partial charge is 0.353 e. The van der Waals surface area contributed by atoms with E-state index >= 15 is 0 Å². The third-order valence-corrected chi connectivity index (χ3v) is 5.01. The van der Waals surface area contributed by atoms with Gasteiger partial charge in [0.15, 0.2) is 5.69 Å². The number of fused-ring (bicyclic) bond motifs is 1. The van der Waals surface area contributed by atoms with Gasteiger partial charge < -0.3 is 10.2 Å². The fraction of sp³-hybridized carbons (Fsp3) is 0.778. The number of rotatable bonds is 6. The van der Waals surface area contributed by atoms with Gasteiger partial charge in [-0.25, -0.2) is 0 Å². The lowest BCUT2D eigenvalue weighted by molar-refractivity contribution is -0.142. The molecule has 1 heterocycles. The summed E-state index contributed by atoms with van der Waals surface area (Å²) in [5.41, 5.74) is 0.0182.